The van der Waals surface area contributed by atoms with Gasteiger partial charge in [0, 0.05) is 5.38 Å². The predicted octanol–water partition coefficient (Wildman–Crippen LogP) is 2.24. The van der Waals surface area contributed by atoms with Crippen molar-refractivity contribution in [2.45, 2.75) is 24.8 Å². The van der Waals surface area contributed by atoms with Gasteiger partial charge in [-0.05, 0) is 35.2 Å². The number of hydrogen-bond donors (Lipinski definition) is 1. The highest BCUT2D eigenvalue weighted by Crippen LogP contribution is 2.39. The minimum atomic E-state index is -0.0947. The summed E-state index contributed by atoms with van der Waals surface area (Å²) in [7, 11) is 0. The van der Waals surface area contributed by atoms with E-state index in [0.717, 1.165) is 22.5 Å². The lowest BCUT2D eigenvalue weighted by Crippen LogP contribution is -2.43. The fourth-order valence-electron chi connectivity index (χ4n) is 1.29. The van der Waals surface area contributed by atoms with Gasteiger partial charge < -0.3 is 5.73 Å². The molecular weight excluding hydrogens is 224 g/mol. The zero-order valence-corrected chi connectivity index (χ0v) is 8.41. The third-order valence-corrected chi connectivity index (χ3v) is 3.60. The van der Waals surface area contributed by atoms with Crippen LogP contribution in [0.4, 0.5) is 0 Å². The van der Waals surface area contributed by atoms with E-state index in [9.17, 15) is 0 Å². The standard InChI is InChI=1S/C7H9BrN2S/c8-6-10-5(4-11-6)7(9)2-1-3-7/h4H,1-3,9H2. The maximum absolute atomic E-state index is 6.06. The van der Waals surface area contributed by atoms with Gasteiger partial charge in [0.05, 0.1) is 11.2 Å². The summed E-state index contributed by atoms with van der Waals surface area (Å²) in [6.45, 7) is 0. The molecule has 0 aliphatic heterocycles. The zero-order valence-electron chi connectivity index (χ0n) is 6.01. The van der Waals surface area contributed by atoms with Crippen molar-refractivity contribution in [1.29, 1.82) is 0 Å². The molecule has 2 nitrogen and oxygen atoms in total. The van der Waals surface area contributed by atoms with Crippen LogP contribution in [0.5, 0.6) is 0 Å². The molecule has 1 aliphatic rings. The van der Waals surface area contributed by atoms with Crippen LogP contribution >= 0.6 is 27.3 Å². The van der Waals surface area contributed by atoms with E-state index in [4.69, 9.17) is 5.73 Å². The van der Waals surface area contributed by atoms with Gasteiger partial charge in [-0.2, -0.15) is 0 Å². The third-order valence-electron chi connectivity index (χ3n) is 2.23. The lowest BCUT2D eigenvalue weighted by molar-refractivity contribution is 0.247. The van der Waals surface area contributed by atoms with Gasteiger partial charge in [-0.25, -0.2) is 4.98 Å². The van der Waals surface area contributed by atoms with E-state index in [0.29, 0.717) is 0 Å². The minimum absolute atomic E-state index is 0.0947. The number of rotatable bonds is 1. The fourth-order valence-corrected chi connectivity index (χ4v) is 2.41. The summed E-state index contributed by atoms with van der Waals surface area (Å²) < 4.78 is 0.934. The maximum Gasteiger partial charge on any atom is 0.159 e. The largest absolute Gasteiger partial charge is 0.320 e. The van der Waals surface area contributed by atoms with Crippen molar-refractivity contribution in [3.63, 3.8) is 0 Å². The van der Waals surface area contributed by atoms with Gasteiger partial charge in [0.2, 0.25) is 0 Å². The van der Waals surface area contributed by atoms with Crippen LogP contribution in [-0.4, -0.2) is 4.98 Å². The summed E-state index contributed by atoms with van der Waals surface area (Å²) in [4.78, 5) is 4.31. The van der Waals surface area contributed by atoms with Crippen molar-refractivity contribution in [3.8, 4) is 0 Å². The Morgan fingerprint density at radius 3 is 2.73 bits per heavy atom. The summed E-state index contributed by atoms with van der Waals surface area (Å²) in [6.07, 6.45) is 3.41. The third kappa shape index (κ3) is 1.23. The number of halogens is 1. The summed E-state index contributed by atoms with van der Waals surface area (Å²) in [5.74, 6) is 0. The molecule has 2 N–H and O–H groups in total. The molecule has 1 fully saturated rings. The molecule has 1 aromatic heterocycles. The molecule has 2 rings (SSSR count). The topological polar surface area (TPSA) is 38.9 Å². The predicted molar refractivity (Wildman–Crippen MR) is 49.5 cm³/mol. The van der Waals surface area contributed by atoms with Crippen LogP contribution in [0, 0.1) is 0 Å². The molecule has 4 heteroatoms. The molecule has 60 valence electrons. The molecule has 1 saturated carbocycles. The average Bonchev–Trinajstić information content (AvgIpc) is 2.31. The highest BCUT2D eigenvalue weighted by atomic mass is 79.9. The Hall–Kier alpha value is 0.0700. The van der Waals surface area contributed by atoms with Crippen molar-refractivity contribution >= 4 is 27.3 Å². The van der Waals surface area contributed by atoms with Crippen molar-refractivity contribution in [3.05, 3.63) is 15.0 Å². The van der Waals surface area contributed by atoms with Crippen LogP contribution in [0.1, 0.15) is 25.0 Å². The van der Waals surface area contributed by atoms with Gasteiger partial charge in [0.25, 0.3) is 0 Å². The first-order valence-electron chi connectivity index (χ1n) is 3.61. The van der Waals surface area contributed by atoms with Crippen LogP contribution in [0.25, 0.3) is 0 Å². The Morgan fingerprint density at radius 2 is 2.36 bits per heavy atom. The van der Waals surface area contributed by atoms with Gasteiger partial charge >= 0.3 is 0 Å². The lowest BCUT2D eigenvalue weighted by Gasteiger charge is -2.36. The Kier molecular flexibility index (Phi) is 1.78. The molecule has 0 amide bonds. The molecule has 0 spiro atoms. The first-order valence-corrected chi connectivity index (χ1v) is 5.28. The second kappa shape index (κ2) is 2.54. The first-order chi connectivity index (χ1) is 5.21. The van der Waals surface area contributed by atoms with E-state index in [-0.39, 0.29) is 5.54 Å². The zero-order chi connectivity index (χ0) is 7.90. The number of hydrogen-bond acceptors (Lipinski definition) is 3. The quantitative estimate of drug-likeness (QED) is 0.807. The van der Waals surface area contributed by atoms with Gasteiger partial charge in [-0.1, -0.05) is 0 Å². The van der Waals surface area contributed by atoms with E-state index in [1.807, 2.05) is 5.38 Å². The van der Waals surface area contributed by atoms with Crippen LogP contribution in [0.15, 0.2) is 9.30 Å². The highest BCUT2D eigenvalue weighted by molar-refractivity contribution is 9.11. The Balaban J connectivity index is 2.28. The molecule has 11 heavy (non-hydrogen) atoms. The Labute approximate surface area is 78.0 Å². The Bertz CT molecular complexity index is 267. The fraction of sp³-hybridized carbons (Fsp3) is 0.571. The molecule has 0 unspecified atom stereocenters. The van der Waals surface area contributed by atoms with Crippen molar-refractivity contribution < 1.29 is 0 Å². The summed E-state index contributed by atoms with van der Waals surface area (Å²) in [6, 6.07) is 0. The summed E-state index contributed by atoms with van der Waals surface area (Å²) in [5.41, 5.74) is 7.02. The van der Waals surface area contributed by atoms with Crippen molar-refractivity contribution in [2.75, 3.05) is 0 Å². The molecular formula is C7H9BrN2S. The SMILES string of the molecule is NC1(c2csc(Br)n2)CCC1. The average molecular weight is 233 g/mol. The highest BCUT2D eigenvalue weighted by Gasteiger charge is 2.36. The van der Waals surface area contributed by atoms with Crippen LogP contribution < -0.4 is 5.73 Å². The molecule has 1 heterocycles. The van der Waals surface area contributed by atoms with Crippen LogP contribution in [0.3, 0.4) is 0 Å². The molecule has 0 saturated heterocycles. The number of aromatic nitrogens is 1. The van der Waals surface area contributed by atoms with E-state index < -0.39 is 0 Å². The lowest BCUT2D eigenvalue weighted by atomic mass is 9.76. The minimum Gasteiger partial charge on any atom is -0.320 e. The maximum atomic E-state index is 6.06. The Morgan fingerprint density at radius 1 is 1.64 bits per heavy atom. The normalized spacial score (nSPS) is 21.3. The van der Waals surface area contributed by atoms with Gasteiger partial charge in [0.15, 0.2) is 3.92 Å². The monoisotopic (exact) mass is 232 g/mol. The second-order valence-corrected chi connectivity index (χ2v) is 5.13. The van der Waals surface area contributed by atoms with E-state index in [2.05, 4.69) is 20.9 Å². The number of thiazole rings is 1. The van der Waals surface area contributed by atoms with Crippen molar-refractivity contribution in [1.82, 2.24) is 4.98 Å². The number of nitrogens with two attached hydrogens (primary N) is 1. The molecule has 1 aromatic rings. The van der Waals surface area contributed by atoms with Crippen LogP contribution in [0.2, 0.25) is 0 Å². The van der Waals surface area contributed by atoms with Crippen LogP contribution in [-0.2, 0) is 5.54 Å². The van der Waals surface area contributed by atoms with E-state index in [1.165, 1.54) is 6.42 Å². The first kappa shape index (κ1) is 7.71. The van der Waals surface area contributed by atoms with Gasteiger partial charge in [0.1, 0.15) is 0 Å². The van der Waals surface area contributed by atoms with Gasteiger partial charge in [-0.15, -0.1) is 11.3 Å². The van der Waals surface area contributed by atoms with Gasteiger partial charge in [-0.3, -0.25) is 0 Å². The van der Waals surface area contributed by atoms with E-state index in [1.54, 1.807) is 11.3 Å². The molecule has 1 aliphatic carbocycles. The van der Waals surface area contributed by atoms with Crippen molar-refractivity contribution in [2.24, 2.45) is 5.73 Å². The summed E-state index contributed by atoms with van der Waals surface area (Å²) >= 11 is 4.94. The summed E-state index contributed by atoms with van der Waals surface area (Å²) in [5, 5.41) is 2.04. The molecule has 0 bridgehead atoms. The number of nitrogens with zero attached hydrogens (tertiary/aromatic N) is 1. The van der Waals surface area contributed by atoms with E-state index >= 15 is 0 Å². The smallest absolute Gasteiger partial charge is 0.159 e. The molecule has 0 atom stereocenters. The molecule has 0 radical (unpaired) electrons. The molecule has 0 aromatic carbocycles. The second-order valence-electron chi connectivity index (χ2n) is 3.00.